The number of rotatable bonds is 2. The summed E-state index contributed by atoms with van der Waals surface area (Å²) in [4.78, 5) is 2.30. The van der Waals surface area contributed by atoms with Gasteiger partial charge in [0.1, 0.15) is 0 Å². The molecular formula is C16H18BNO. The molecule has 2 atom stereocenters. The summed E-state index contributed by atoms with van der Waals surface area (Å²) in [6.45, 7) is 2.11. The van der Waals surface area contributed by atoms with Gasteiger partial charge in [0.05, 0.1) is 12.1 Å². The molecule has 1 heterocycles. The molecule has 0 saturated carbocycles. The number of likely N-dealkylation sites (N-methyl/N-ethyl adjacent to an activating group) is 1. The second-order valence-corrected chi connectivity index (χ2v) is 5.09. The number of hydrogen-bond acceptors (Lipinski definition) is 2. The van der Waals surface area contributed by atoms with Gasteiger partial charge in [0, 0.05) is 0 Å². The van der Waals surface area contributed by atoms with Gasteiger partial charge < -0.3 is 9.47 Å². The summed E-state index contributed by atoms with van der Waals surface area (Å²) in [5, 5.41) is 0. The first-order valence-electron chi connectivity index (χ1n) is 6.74. The molecule has 1 aliphatic rings. The van der Waals surface area contributed by atoms with Gasteiger partial charge in [-0.3, -0.25) is 0 Å². The van der Waals surface area contributed by atoms with Crippen LogP contribution in [0.5, 0.6) is 0 Å². The minimum atomic E-state index is 0.101. The van der Waals surface area contributed by atoms with Crippen molar-refractivity contribution in [1.82, 2.24) is 4.81 Å². The van der Waals surface area contributed by atoms with Crippen LogP contribution in [0.25, 0.3) is 0 Å². The summed E-state index contributed by atoms with van der Waals surface area (Å²) in [6, 6.07) is 21.4. The minimum absolute atomic E-state index is 0.101. The molecule has 1 fully saturated rings. The van der Waals surface area contributed by atoms with Gasteiger partial charge in [-0.2, -0.15) is 0 Å². The molecule has 2 nitrogen and oxygen atoms in total. The minimum Gasteiger partial charge on any atom is -0.412 e. The van der Waals surface area contributed by atoms with Crippen molar-refractivity contribution in [2.75, 3.05) is 7.05 Å². The van der Waals surface area contributed by atoms with Crippen LogP contribution >= 0.6 is 0 Å². The maximum atomic E-state index is 6.15. The number of nitrogens with zero attached hydrogens (tertiary/aromatic N) is 1. The Kier molecular flexibility index (Phi) is 3.41. The summed E-state index contributed by atoms with van der Waals surface area (Å²) in [7, 11) is 2.26. The Morgan fingerprint density at radius 1 is 0.895 bits per heavy atom. The van der Waals surface area contributed by atoms with Crippen molar-refractivity contribution in [3.05, 3.63) is 71.8 Å². The van der Waals surface area contributed by atoms with E-state index in [1.165, 1.54) is 11.1 Å². The predicted octanol–water partition coefficient (Wildman–Crippen LogP) is 3.55. The molecule has 0 radical (unpaired) electrons. The van der Waals surface area contributed by atoms with Gasteiger partial charge in [-0.25, -0.2) is 0 Å². The molecule has 0 aliphatic carbocycles. The Morgan fingerprint density at radius 3 is 2.00 bits per heavy atom. The molecule has 3 heteroatoms. The summed E-state index contributed by atoms with van der Waals surface area (Å²) in [5.74, 6) is 0. The molecule has 19 heavy (non-hydrogen) atoms. The topological polar surface area (TPSA) is 12.5 Å². The summed E-state index contributed by atoms with van der Waals surface area (Å²) >= 11 is 0. The number of hydrogen-bond donors (Lipinski definition) is 0. The van der Waals surface area contributed by atoms with Crippen molar-refractivity contribution < 1.29 is 4.65 Å². The third-order valence-electron chi connectivity index (χ3n) is 3.91. The SMILES string of the molecule is CB1O[C@@H](c2ccccc2)[C@@H](c2ccccc2)N1C. The molecule has 2 aromatic rings. The van der Waals surface area contributed by atoms with Crippen LogP contribution in [0.4, 0.5) is 0 Å². The molecule has 1 saturated heterocycles. The first kappa shape index (κ1) is 12.5. The zero-order valence-corrected chi connectivity index (χ0v) is 11.4. The normalized spacial score (nSPS) is 23.8. The molecule has 3 rings (SSSR count). The first-order valence-corrected chi connectivity index (χ1v) is 6.74. The highest BCUT2D eigenvalue weighted by Gasteiger charge is 2.41. The first-order chi connectivity index (χ1) is 9.27. The predicted molar refractivity (Wildman–Crippen MR) is 78.8 cm³/mol. The fourth-order valence-electron chi connectivity index (χ4n) is 2.79. The Morgan fingerprint density at radius 2 is 1.42 bits per heavy atom. The molecule has 0 bridgehead atoms. The molecule has 0 spiro atoms. The quantitative estimate of drug-likeness (QED) is 0.757. The van der Waals surface area contributed by atoms with E-state index in [1.807, 2.05) is 6.07 Å². The van der Waals surface area contributed by atoms with Gasteiger partial charge in [-0.1, -0.05) is 60.7 Å². The van der Waals surface area contributed by atoms with Gasteiger partial charge in [0.2, 0.25) is 0 Å². The second-order valence-electron chi connectivity index (χ2n) is 5.09. The van der Waals surface area contributed by atoms with Gasteiger partial charge in [-0.15, -0.1) is 0 Å². The van der Waals surface area contributed by atoms with Crippen molar-refractivity contribution >= 4 is 7.05 Å². The Hall–Kier alpha value is -1.58. The molecular weight excluding hydrogens is 233 g/mol. The molecule has 0 aromatic heterocycles. The van der Waals surface area contributed by atoms with Crippen LogP contribution in [0.2, 0.25) is 6.82 Å². The van der Waals surface area contributed by atoms with Crippen molar-refractivity contribution in [3.8, 4) is 0 Å². The van der Waals surface area contributed by atoms with Crippen molar-refractivity contribution in [2.45, 2.75) is 19.0 Å². The van der Waals surface area contributed by atoms with Crippen molar-refractivity contribution in [3.63, 3.8) is 0 Å². The van der Waals surface area contributed by atoms with E-state index in [4.69, 9.17) is 4.65 Å². The van der Waals surface area contributed by atoms with Crippen molar-refractivity contribution in [1.29, 1.82) is 0 Å². The standard InChI is InChI=1S/C16H18BNO/c1-17-18(2)15(13-9-5-3-6-10-13)16(19-17)14-11-7-4-8-12-14/h3-12,15-16H,1-2H3/t15-,16+/m1/s1. The fourth-order valence-corrected chi connectivity index (χ4v) is 2.79. The second kappa shape index (κ2) is 5.20. The highest BCUT2D eigenvalue weighted by molar-refractivity contribution is 6.47. The lowest BCUT2D eigenvalue weighted by molar-refractivity contribution is 0.202. The van der Waals surface area contributed by atoms with E-state index >= 15 is 0 Å². The number of benzene rings is 2. The van der Waals surface area contributed by atoms with Crippen LogP contribution in [0.3, 0.4) is 0 Å². The van der Waals surface area contributed by atoms with E-state index in [9.17, 15) is 0 Å². The zero-order chi connectivity index (χ0) is 13.2. The maximum Gasteiger partial charge on any atom is 0.380 e. The Bertz CT molecular complexity index is 531. The van der Waals surface area contributed by atoms with Crippen LogP contribution in [0.15, 0.2) is 60.7 Å². The Labute approximate surface area is 115 Å². The lowest BCUT2D eigenvalue weighted by Gasteiger charge is -2.25. The molecule has 0 N–H and O–H groups in total. The molecule has 2 aromatic carbocycles. The van der Waals surface area contributed by atoms with Gasteiger partial charge in [0.25, 0.3) is 0 Å². The third kappa shape index (κ3) is 2.31. The van der Waals surface area contributed by atoms with E-state index in [0.717, 1.165) is 0 Å². The average molecular weight is 251 g/mol. The molecule has 1 aliphatic heterocycles. The van der Waals surface area contributed by atoms with Crippen LogP contribution in [-0.4, -0.2) is 18.9 Å². The van der Waals surface area contributed by atoms with Crippen LogP contribution in [0.1, 0.15) is 23.3 Å². The van der Waals surface area contributed by atoms with E-state index in [2.05, 4.69) is 73.3 Å². The smallest absolute Gasteiger partial charge is 0.380 e. The third-order valence-corrected chi connectivity index (χ3v) is 3.91. The van der Waals surface area contributed by atoms with E-state index in [1.54, 1.807) is 0 Å². The highest BCUT2D eigenvalue weighted by atomic mass is 16.5. The van der Waals surface area contributed by atoms with Gasteiger partial charge in [0.15, 0.2) is 0 Å². The van der Waals surface area contributed by atoms with Gasteiger partial charge in [-0.05, 0) is 25.0 Å². The van der Waals surface area contributed by atoms with Crippen LogP contribution in [-0.2, 0) is 4.65 Å². The van der Waals surface area contributed by atoms with Gasteiger partial charge >= 0.3 is 7.05 Å². The van der Waals surface area contributed by atoms with Crippen LogP contribution < -0.4 is 0 Å². The van der Waals surface area contributed by atoms with E-state index in [0.29, 0.717) is 0 Å². The average Bonchev–Trinajstić information content (AvgIpc) is 2.77. The molecule has 0 unspecified atom stereocenters. The van der Waals surface area contributed by atoms with Crippen molar-refractivity contribution in [2.24, 2.45) is 0 Å². The molecule has 96 valence electrons. The maximum absolute atomic E-state index is 6.15. The summed E-state index contributed by atoms with van der Waals surface area (Å²) in [6.07, 6.45) is 0.101. The zero-order valence-electron chi connectivity index (χ0n) is 11.4. The Balaban J connectivity index is 1.99. The largest absolute Gasteiger partial charge is 0.412 e. The summed E-state index contributed by atoms with van der Waals surface area (Å²) in [5.41, 5.74) is 2.55. The lowest BCUT2D eigenvalue weighted by atomic mass is 9.85. The summed E-state index contributed by atoms with van der Waals surface area (Å²) < 4.78 is 6.15. The monoisotopic (exact) mass is 251 g/mol. The highest BCUT2D eigenvalue weighted by Crippen LogP contribution is 2.42. The van der Waals surface area contributed by atoms with E-state index in [-0.39, 0.29) is 19.2 Å². The van der Waals surface area contributed by atoms with E-state index < -0.39 is 0 Å². The fraction of sp³-hybridized carbons (Fsp3) is 0.250. The van der Waals surface area contributed by atoms with Crippen LogP contribution in [0, 0.1) is 0 Å². The lowest BCUT2D eigenvalue weighted by Crippen LogP contribution is -2.29. The molecule has 0 amide bonds.